The van der Waals surface area contributed by atoms with Crippen LogP contribution >= 0.6 is 47.2 Å². The van der Waals surface area contributed by atoms with Gasteiger partial charge in [-0.2, -0.15) is 0 Å². The largest absolute Gasteiger partial charge is 0.456 e. The fourth-order valence-corrected chi connectivity index (χ4v) is 3.37. The molecule has 0 saturated carbocycles. The zero-order valence-corrected chi connectivity index (χ0v) is 15.3. The van der Waals surface area contributed by atoms with Gasteiger partial charge >= 0.3 is 5.97 Å². The first-order valence-corrected chi connectivity index (χ1v) is 8.90. The Balaban J connectivity index is 2.10. The van der Waals surface area contributed by atoms with Crippen LogP contribution in [0.25, 0.3) is 6.08 Å². The van der Waals surface area contributed by atoms with Crippen LogP contribution < -0.4 is 0 Å². The molecule has 1 aromatic rings. The molecule has 0 aliphatic carbocycles. The van der Waals surface area contributed by atoms with Crippen LogP contribution in [-0.4, -0.2) is 46.0 Å². The number of carbonyl (C=O) groups is 2. The van der Waals surface area contributed by atoms with Gasteiger partial charge in [0.25, 0.3) is 5.91 Å². The summed E-state index contributed by atoms with van der Waals surface area (Å²) in [5, 5.41) is 0. The summed E-state index contributed by atoms with van der Waals surface area (Å²) in [6.07, 6.45) is 1.22. The zero-order chi connectivity index (χ0) is 17.0. The lowest BCUT2D eigenvalue weighted by atomic mass is 10.1. The van der Waals surface area contributed by atoms with Crippen LogP contribution in [0.2, 0.25) is 0 Å². The molecule has 23 heavy (non-hydrogen) atoms. The van der Waals surface area contributed by atoms with Crippen molar-refractivity contribution in [1.82, 2.24) is 4.90 Å². The molecule has 0 radical (unpaired) electrons. The second-order valence-electron chi connectivity index (χ2n) is 4.70. The van der Waals surface area contributed by atoms with Crippen molar-refractivity contribution in [3.05, 3.63) is 40.3 Å². The lowest BCUT2D eigenvalue weighted by Gasteiger charge is -2.12. The van der Waals surface area contributed by atoms with E-state index in [0.717, 1.165) is 5.56 Å². The first-order chi connectivity index (χ1) is 11.0. The predicted molar refractivity (Wildman–Crippen MR) is 98.0 cm³/mol. The molecule has 2 rings (SSSR count). The highest BCUT2D eigenvalue weighted by molar-refractivity contribution is 8.26. The number of esters is 1. The van der Waals surface area contributed by atoms with Crippen LogP contribution in [0.3, 0.4) is 0 Å². The molecule has 4 nitrogen and oxygen atoms in total. The third kappa shape index (κ3) is 4.47. The van der Waals surface area contributed by atoms with Crippen molar-refractivity contribution >= 4 is 69.5 Å². The smallest absolute Gasteiger partial charge is 0.338 e. The van der Waals surface area contributed by atoms with Crippen molar-refractivity contribution < 1.29 is 14.3 Å². The Bertz CT molecular complexity index is 657. The highest BCUT2D eigenvalue weighted by Crippen LogP contribution is 2.31. The van der Waals surface area contributed by atoms with Crippen molar-refractivity contribution in [2.45, 2.75) is 6.10 Å². The average Bonchev–Trinajstić information content (AvgIpc) is 2.80. The second-order valence-corrected chi connectivity index (χ2v) is 6.99. The molecule has 0 atom stereocenters. The van der Waals surface area contributed by atoms with E-state index in [0.29, 0.717) is 14.8 Å². The third-order valence-electron chi connectivity index (χ3n) is 3.05. The summed E-state index contributed by atoms with van der Waals surface area (Å²) >= 11 is 17.6. The van der Waals surface area contributed by atoms with E-state index in [2.05, 4.69) is 0 Å². The molecule has 0 spiro atoms. The highest BCUT2D eigenvalue weighted by atomic mass is 35.5. The number of nitrogens with zero attached hydrogens (tertiary/aromatic N) is 1. The summed E-state index contributed by atoms with van der Waals surface area (Å²) in [6.45, 7) is 0. The Morgan fingerprint density at radius 1 is 1.35 bits per heavy atom. The average molecular weight is 390 g/mol. The number of halogens is 2. The SMILES string of the molecule is CN1C(=O)C(=Cc2ccc(C(=O)OC(CCl)CCl)cc2)SC1=S. The first kappa shape index (κ1) is 18.3. The summed E-state index contributed by atoms with van der Waals surface area (Å²) in [5.74, 6) is -0.323. The molecule has 8 heteroatoms. The third-order valence-corrected chi connectivity index (χ3v) is 5.22. The Labute approximate surface area is 153 Å². The molecule has 1 heterocycles. The molecule has 1 aliphatic heterocycles. The minimum absolute atomic E-state index is 0.129. The minimum atomic E-state index is -0.517. The molecule has 0 N–H and O–H groups in total. The van der Waals surface area contributed by atoms with Gasteiger partial charge in [-0.3, -0.25) is 9.69 Å². The van der Waals surface area contributed by atoms with Crippen molar-refractivity contribution in [3.8, 4) is 0 Å². The van der Waals surface area contributed by atoms with E-state index in [-0.39, 0.29) is 17.7 Å². The normalized spacial score (nSPS) is 16.5. The number of ether oxygens (including phenoxy) is 1. The maximum Gasteiger partial charge on any atom is 0.338 e. The van der Waals surface area contributed by atoms with Gasteiger partial charge < -0.3 is 4.74 Å². The molecule has 1 aliphatic rings. The van der Waals surface area contributed by atoms with Crippen LogP contribution in [0.15, 0.2) is 29.2 Å². The van der Waals surface area contributed by atoms with Crippen molar-refractivity contribution in [2.24, 2.45) is 0 Å². The zero-order valence-electron chi connectivity index (χ0n) is 12.1. The quantitative estimate of drug-likeness (QED) is 0.333. The monoisotopic (exact) mass is 389 g/mol. The minimum Gasteiger partial charge on any atom is -0.456 e. The molecule has 1 aromatic carbocycles. The Hall–Kier alpha value is -1.08. The number of alkyl halides is 2. The molecule has 0 aromatic heterocycles. The van der Waals surface area contributed by atoms with E-state index in [4.69, 9.17) is 40.2 Å². The predicted octanol–water partition coefficient (Wildman–Crippen LogP) is 3.52. The standard InChI is InChI=1S/C15H13Cl2NO3S2/c1-18-13(19)12(23-15(18)22)6-9-2-4-10(5-3-9)14(20)21-11(7-16)8-17/h2-6,11H,7-8H2,1H3. The van der Waals surface area contributed by atoms with Gasteiger partial charge in [0.15, 0.2) is 0 Å². The van der Waals surface area contributed by atoms with E-state index < -0.39 is 12.1 Å². The number of hydrogen-bond acceptors (Lipinski definition) is 5. The van der Waals surface area contributed by atoms with Crippen molar-refractivity contribution in [1.29, 1.82) is 0 Å². The van der Waals surface area contributed by atoms with Gasteiger partial charge in [0.2, 0.25) is 0 Å². The van der Waals surface area contributed by atoms with E-state index in [1.165, 1.54) is 16.7 Å². The Morgan fingerprint density at radius 3 is 2.43 bits per heavy atom. The fourth-order valence-electron chi connectivity index (χ4n) is 1.74. The number of rotatable bonds is 5. The summed E-state index contributed by atoms with van der Waals surface area (Å²) in [5.41, 5.74) is 1.19. The summed E-state index contributed by atoms with van der Waals surface area (Å²) in [6, 6.07) is 6.71. The number of thioether (sulfide) groups is 1. The molecule has 122 valence electrons. The van der Waals surface area contributed by atoms with Crippen LogP contribution in [-0.2, 0) is 9.53 Å². The molecule has 1 amide bonds. The summed E-state index contributed by atoms with van der Waals surface area (Å²) in [7, 11) is 1.64. The highest BCUT2D eigenvalue weighted by Gasteiger charge is 2.28. The number of carbonyl (C=O) groups excluding carboxylic acids is 2. The van der Waals surface area contributed by atoms with Crippen molar-refractivity contribution in [2.75, 3.05) is 18.8 Å². The molecule has 1 saturated heterocycles. The second kappa shape index (κ2) is 8.15. The molecule has 1 fully saturated rings. The molecule has 0 bridgehead atoms. The Kier molecular flexibility index (Phi) is 6.47. The molecular weight excluding hydrogens is 377 g/mol. The first-order valence-electron chi connectivity index (χ1n) is 6.60. The number of benzene rings is 1. The van der Waals surface area contributed by atoms with E-state index in [1.54, 1.807) is 37.4 Å². The summed E-state index contributed by atoms with van der Waals surface area (Å²) < 4.78 is 5.68. The summed E-state index contributed by atoms with van der Waals surface area (Å²) in [4.78, 5) is 25.8. The molecular formula is C15H13Cl2NO3S2. The maximum atomic E-state index is 11.9. The number of hydrogen-bond donors (Lipinski definition) is 0. The van der Waals surface area contributed by atoms with Gasteiger partial charge in [-0.25, -0.2) is 4.79 Å². The van der Waals surface area contributed by atoms with Crippen LogP contribution in [0.4, 0.5) is 0 Å². The van der Waals surface area contributed by atoms with Crippen LogP contribution in [0, 0.1) is 0 Å². The lowest BCUT2D eigenvalue weighted by Crippen LogP contribution is -2.22. The Morgan fingerprint density at radius 2 is 1.96 bits per heavy atom. The molecule has 0 unspecified atom stereocenters. The lowest BCUT2D eigenvalue weighted by molar-refractivity contribution is -0.121. The fraction of sp³-hybridized carbons (Fsp3) is 0.267. The van der Waals surface area contributed by atoms with E-state index >= 15 is 0 Å². The topological polar surface area (TPSA) is 46.6 Å². The van der Waals surface area contributed by atoms with Gasteiger partial charge in [0, 0.05) is 7.05 Å². The van der Waals surface area contributed by atoms with Crippen LogP contribution in [0.1, 0.15) is 15.9 Å². The van der Waals surface area contributed by atoms with Gasteiger partial charge in [-0.05, 0) is 23.8 Å². The van der Waals surface area contributed by atoms with Gasteiger partial charge in [-0.15, -0.1) is 23.2 Å². The number of likely N-dealkylation sites (N-methyl/N-ethyl adjacent to an activating group) is 1. The van der Waals surface area contributed by atoms with Crippen molar-refractivity contribution in [3.63, 3.8) is 0 Å². The maximum absolute atomic E-state index is 11.9. The number of thiocarbonyl (C=S) groups is 1. The van der Waals surface area contributed by atoms with E-state index in [1.807, 2.05) is 0 Å². The van der Waals surface area contributed by atoms with Gasteiger partial charge in [-0.1, -0.05) is 36.1 Å². The van der Waals surface area contributed by atoms with Gasteiger partial charge in [0.1, 0.15) is 10.4 Å². The number of amides is 1. The van der Waals surface area contributed by atoms with Crippen LogP contribution in [0.5, 0.6) is 0 Å². The van der Waals surface area contributed by atoms with E-state index in [9.17, 15) is 9.59 Å². The van der Waals surface area contributed by atoms with Gasteiger partial charge in [0.05, 0.1) is 22.2 Å².